The second-order valence-corrected chi connectivity index (χ2v) is 9.77. The zero-order chi connectivity index (χ0) is 19.8. The monoisotopic (exact) mass is 405 g/mol. The molecule has 4 atom stereocenters. The van der Waals surface area contributed by atoms with Gasteiger partial charge in [-0.1, -0.05) is 6.42 Å². The van der Waals surface area contributed by atoms with Crippen molar-refractivity contribution in [3.63, 3.8) is 0 Å². The van der Waals surface area contributed by atoms with Crippen molar-refractivity contribution in [3.05, 3.63) is 0 Å². The van der Waals surface area contributed by atoms with Gasteiger partial charge in [0.2, 0.25) is 11.8 Å². The van der Waals surface area contributed by atoms with Crippen molar-refractivity contribution < 1.29 is 19.1 Å². The van der Waals surface area contributed by atoms with E-state index in [0.29, 0.717) is 69.7 Å². The van der Waals surface area contributed by atoms with Crippen LogP contribution < -0.4 is 5.32 Å². The molecule has 0 bridgehead atoms. The largest absolute Gasteiger partial charge is 0.378 e. The van der Waals surface area contributed by atoms with Gasteiger partial charge in [0.25, 0.3) is 0 Å². The number of fused-ring (bicyclic) bond motifs is 1. The summed E-state index contributed by atoms with van der Waals surface area (Å²) in [6.07, 6.45) is 7.23. The summed E-state index contributed by atoms with van der Waals surface area (Å²) in [5.74, 6) is 1.77. The normalized spacial score (nSPS) is 35.4. The van der Waals surface area contributed by atoms with Gasteiger partial charge in [-0.05, 0) is 37.5 Å². The number of rotatable bonds is 7. The molecule has 3 aliphatic heterocycles. The predicted octanol–water partition coefficient (Wildman–Crippen LogP) is 1.02. The summed E-state index contributed by atoms with van der Waals surface area (Å²) in [4.78, 5) is 29.9. The van der Waals surface area contributed by atoms with Crippen LogP contribution in [0.1, 0.15) is 44.9 Å². The van der Waals surface area contributed by atoms with Crippen LogP contribution in [0.25, 0.3) is 0 Å². The Morgan fingerprint density at radius 3 is 2.52 bits per heavy atom. The Morgan fingerprint density at radius 2 is 1.83 bits per heavy atom. The number of amides is 2. The van der Waals surface area contributed by atoms with Crippen molar-refractivity contribution in [1.29, 1.82) is 0 Å². The standard InChI is InChI=1S/C22H35N3O4/c26-20(23-17-4-5-17)10-16-13-25(12-15-2-1-3-15)18-14-29-19(22(16)18)11-21(27)24-6-8-28-9-7-24/h15-19,22H,1-14H2,(H,23,26)/t16-,18-,19+,22-/m1/s1. The highest BCUT2D eigenvalue weighted by Gasteiger charge is 2.52. The molecule has 5 aliphatic rings. The van der Waals surface area contributed by atoms with Crippen molar-refractivity contribution in [2.45, 2.75) is 63.1 Å². The molecule has 0 aromatic carbocycles. The lowest BCUT2D eigenvalue weighted by Gasteiger charge is -2.32. The summed E-state index contributed by atoms with van der Waals surface area (Å²) >= 11 is 0. The lowest BCUT2D eigenvalue weighted by atomic mass is 9.83. The van der Waals surface area contributed by atoms with E-state index < -0.39 is 0 Å². The minimum absolute atomic E-state index is 0.0551. The maximum atomic E-state index is 12.8. The van der Waals surface area contributed by atoms with Crippen molar-refractivity contribution in [1.82, 2.24) is 15.1 Å². The van der Waals surface area contributed by atoms with Gasteiger partial charge in [-0.3, -0.25) is 14.5 Å². The number of morpholine rings is 1. The second-order valence-electron chi connectivity index (χ2n) is 9.77. The van der Waals surface area contributed by atoms with Crippen LogP contribution in [0.15, 0.2) is 0 Å². The SMILES string of the molecule is O=C(C[C@@H]1CN(CC2CCC2)[C@@H]2CO[C@@H](CC(=O)N3CCOCC3)[C@H]12)NC1CC1. The number of hydrogen-bond donors (Lipinski definition) is 1. The van der Waals surface area contributed by atoms with Crippen molar-refractivity contribution in [3.8, 4) is 0 Å². The third-order valence-electron chi connectivity index (χ3n) is 7.68. The van der Waals surface area contributed by atoms with Gasteiger partial charge < -0.3 is 19.7 Å². The van der Waals surface area contributed by atoms with Gasteiger partial charge in [0.05, 0.1) is 32.3 Å². The first-order valence-corrected chi connectivity index (χ1v) is 11.7. The Morgan fingerprint density at radius 1 is 1.03 bits per heavy atom. The van der Waals surface area contributed by atoms with Crippen molar-refractivity contribution in [2.75, 3.05) is 46.0 Å². The Hall–Kier alpha value is -1.18. The van der Waals surface area contributed by atoms with Crippen LogP contribution in [0.2, 0.25) is 0 Å². The fourth-order valence-corrected chi connectivity index (χ4v) is 5.70. The molecule has 1 N–H and O–H groups in total. The van der Waals surface area contributed by atoms with Crippen LogP contribution in [-0.2, 0) is 19.1 Å². The third kappa shape index (κ3) is 4.47. The van der Waals surface area contributed by atoms with E-state index in [0.717, 1.165) is 31.8 Å². The number of carbonyl (C=O) groups is 2. The summed E-state index contributed by atoms with van der Waals surface area (Å²) in [5.41, 5.74) is 0. The maximum Gasteiger partial charge on any atom is 0.225 e. The highest BCUT2D eigenvalue weighted by molar-refractivity contribution is 5.78. The van der Waals surface area contributed by atoms with E-state index in [1.165, 1.54) is 19.3 Å². The Kier molecular flexibility index (Phi) is 5.80. The van der Waals surface area contributed by atoms with E-state index in [1.807, 2.05) is 4.90 Å². The first-order chi connectivity index (χ1) is 14.2. The minimum atomic E-state index is -0.0551. The van der Waals surface area contributed by atoms with Gasteiger partial charge in [-0.25, -0.2) is 0 Å². The summed E-state index contributed by atoms with van der Waals surface area (Å²) < 4.78 is 11.6. The van der Waals surface area contributed by atoms with Crippen molar-refractivity contribution in [2.24, 2.45) is 17.8 Å². The quantitative estimate of drug-likeness (QED) is 0.685. The molecule has 162 valence electrons. The molecule has 0 aromatic heterocycles. The Labute approximate surface area is 173 Å². The average molecular weight is 406 g/mol. The van der Waals surface area contributed by atoms with Crippen molar-refractivity contribution >= 4 is 11.8 Å². The smallest absolute Gasteiger partial charge is 0.225 e. The molecular formula is C22H35N3O4. The maximum absolute atomic E-state index is 12.8. The lowest BCUT2D eigenvalue weighted by molar-refractivity contribution is -0.138. The van der Waals surface area contributed by atoms with Crippen LogP contribution >= 0.6 is 0 Å². The molecule has 0 radical (unpaired) electrons. The number of nitrogens with one attached hydrogen (secondary N) is 1. The molecule has 3 heterocycles. The number of ether oxygens (including phenoxy) is 2. The number of likely N-dealkylation sites (tertiary alicyclic amines) is 1. The summed E-state index contributed by atoms with van der Waals surface area (Å²) in [6.45, 7) is 5.44. The van der Waals surface area contributed by atoms with E-state index in [4.69, 9.17) is 9.47 Å². The van der Waals surface area contributed by atoms with Gasteiger partial charge in [0.15, 0.2) is 0 Å². The van der Waals surface area contributed by atoms with Crippen LogP contribution in [0, 0.1) is 17.8 Å². The molecule has 3 saturated heterocycles. The van der Waals surface area contributed by atoms with Crippen LogP contribution in [0.3, 0.4) is 0 Å². The number of carbonyl (C=O) groups excluding carboxylic acids is 2. The fourth-order valence-electron chi connectivity index (χ4n) is 5.70. The number of hydrogen-bond acceptors (Lipinski definition) is 5. The first-order valence-electron chi connectivity index (χ1n) is 11.7. The van der Waals surface area contributed by atoms with Gasteiger partial charge in [-0.15, -0.1) is 0 Å². The summed E-state index contributed by atoms with van der Waals surface area (Å²) in [6, 6.07) is 0.779. The summed E-state index contributed by atoms with van der Waals surface area (Å²) in [5, 5.41) is 3.16. The van der Waals surface area contributed by atoms with E-state index in [2.05, 4.69) is 10.2 Å². The zero-order valence-electron chi connectivity index (χ0n) is 17.4. The molecule has 2 amide bonds. The molecule has 0 unspecified atom stereocenters. The Bertz CT molecular complexity index is 615. The van der Waals surface area contributed by atoms with Gasteiger partial charge in [0.1, 0.15) is 0 Å². The van der Waals surface area contributed by atoms with E-state index in [9.17, 15) is 9.59 Å². The zero-order valence-corrected chi connectivity index (χ0v) is 17.4. The molecule has 0 spiro atoms. The van der Waals surface area contributed by atoms with Crippen LogP contribution in [0.5, 0.6) is 0 Å². The van der Waals surface area contributed by atoms with Gasteiger partial charge in [0, 0.05) is 50.6 Å². The van der Waals surface area contributed by atoms with Gasteiger partial charge >= 0.3 is 0 Å². The molecule has 29 heavy (non-hydrogen) atoms. The number of nitrogens with zero attached hydrogens (tertiary/aromatic N) is 2. The molecule has 7 heteroatoms. The minimum Gasteiger partial charge on any atom is -0.378 e. The summed E-state index contributed by atoms with van der Waals surface area (Å²) in [7, 11) is 0. The molecule has 5 fully saturated rings. The predicted molar refractivity (Wildman–Crippen MR) is 107 cm³/mol. The highest BCUT2D eigenvalue weighted by Crippen LogP contribution is 2.43. The molecular weight excluding hydrogens is 370 g/mol. The van der Waals surface area contributed by atoms with Crippen LogP contribution in [0.4, 0.5) is 0 Å². The molecule has 0 aromatic rings. The first kappa shape index (κ1) is 19.8. The van der Waals surface area contributed by atoms with E-state index in [-0.39, 0.29) is 17.9 Å². The molecule has 5 rings (SSSR count). The van der Waals surface area contributed by atoms with E-state index in [1.54, 1.807) is 0 Å². The molecule has 2 aliphatic carbocycles. The topological polar surface area (TPSA) is 71.1 Å². The van der Waals surface area contributed by atoms with E-state index >= 15 is 0 Å². The second kappa shape index (κ2) is 8.52. The lowest BCUT2D eigenvalue weighted by Crippen LogP contribution is -2.43. The fraction of sp³-hybridized carbons (Fsp3) is 0.909. The molecule has 2 saturated carbocycles. The average Bonchev–Trinajstić information content (AvgIpc) is 3.30. The Balaban J connectivity index is 1.24. The highest BCUT2D eigenvalue weighted by atomic mass is 16.5. The van der Waals surface area contributed by atoms with Gasteiger partial charge in [-0.2, -0.15) is 0 Å². The molecule has 7 nitrogen and oxygen atoms in total. The van der Waals surface area contributed by atoms with Crippen LogP contribution in [-0.4, -0.2) is 85.8 Å². The third-order valence-corrected chi connectivity index (χ3v) is 7.68.